The van der Waals surface area contributed by atoms with Crippen LogP contribution in [0.4, 0.5) is 4.79 Å². The van der Waals surface area contributed by atoms with E-state index in [1.54, 1.807) is 0 Å². The van der Waals surface area contributed by atoms with E-state index in [1.165, 1.54) is 13.2 Å². The van der Waals surface area contributed by atoms with E-state index >= 15 is 0 Å². The van der Waals surface area contributed by atoms with Crippen molar-refractivity contribution in [3.63, 3.8) is 0 Å². The molecule has 0 radical (unpaired) electrons. The molecule has 1 amide bonds. The number of nitrogens with one attached hydrogen (secondary N) is 1. The van der Waals surface area contributed by atoms with Gasteiger partial charge in [0.05, 0.1) is 32.4 Å². The first-order chi connectivity index (χ1) is 15.8. The first kappa shape index (κ1) is 27.5. The van der Waals surface area contributed by atoms with Crippen LogP contribution in [0.3, 0.4) is 0 Å². The average Bonchev–Trinajstić information content (AvgIpc) is 3.19. The number of esters is 1. The van der Waals surface area contributed by atoms with Crippen molar-refractivity contribution in [2.45, 2.75) is 62.8 Å². The summed E-state index contributed by atoms with van der Waals surface area (Å²) in [5.41, 5.74) is -0.0573. The van der Waals surface area contributed by atoms with Gasteiger partial charge in [0.2, 0.25) is 5.79 Å². The van der Waals surface area contributed by atoms with Gasteiger partial charge in [-0.15, -0.1) is 0 Å². The molecule has 1 spiro atoms. The zero-order valence-corrected chi connectivity index (χ0v) is 25.2. The van der Waals surface area contributed by atoms with Gasteiger partial charge in [0.15, 0.2) is 20.0 Å². The highest BCUT2D eigenvalue weighted by atomic mass is 127. The monoisotopic (exact) mass is 711 g/mol. The van der Waals surface area contributed by atoms with Gasteiger partial charge in [-0.25, -0.2) is 9.59 Å². The predicted octanol–water partition coefficient (Wildman–Crippen LogP) is 4.15. The second-order valence-corrected chi connectivity index (χ2v) is 15.4. The van der Waals surface area contributed by atoms with Gasteiger partial charge >= 0.3 is 12.1 Å². The van der Waals surface area contributed by atoms with Crippen LogP contribution in [0.5, 0.6) is 0 Å². The van der Waals surface area contributed by atoms with E-state index in [9.17, 15) is 9.59 Å². The second kappa shape index (κ2) is 10.1. The SMILES string of the molecule is COC(=O)NC1=C2C(=CC(=O)O[C@@H]2C#CI)[C@](C#CI)(O[Si](C)(C)C(C)(C)C)CC12OCCO2. The average molecular weight is 711 g/mol. The number of carbonyl (C=O) groups is 2. The van der Waals surface area contributed by atoms with Crippen molar-refractivity contribution < 1.29 is 33.0 Å². The minimum absolute atomic E-state index is 0.106. The minimum Gasteiger partial charge on any atom is -0.453 e. The number of cyclic esters (lactones) is 1. The molecule has 1 saturated heterocycles. The van der Waals surface area contributed by atoms with Gasteiger partial charge in [-0.3, -0.25) is 5.32 Å². The summed E-state index contributed by atoms with van der Waals surface area (Å²) < 4.78 is 35.4. The fourth-order valence-electron chi connectivity index (χ4n) is 3.92. The summed E-state index contributed by atoms with van der Waals surface area (Å²) in [5, 5.41) is 2.60. The molecule has 8 nitrogen and oxygen atoms in total. The van der Waals surface area contributed by atoms with Crippen LogP contribution in [0.2, 0.25) is 18.1 Å². The molecule has 11 heteroatoms. The molecule has 3 aliphatic rings. The minimum atomic E-state index is -2.45. The number of fused-ring (bicyclic) bond motifs is 1. The maximum atomic E-state index is 12.7. The molecule has 0 unspecified atom stereocenters. The van der Waals surface area contributed by atoms with Crippen LogP contribution in [-0.2, 0) is 28.2 Å². The van der Waals surface area contributed by atoms with Crippen LogP contribution < -0.4 is 5.32 Å². The van der Waals surface area contributed by atoms with Crippen LogP contribution in [0.1, 0.15) is 27.2 Å². The van der Waals surface area contributed by atoms with Gasteiger partial charge in [-0.2, -0.15) is 0 Å². The lowest BCUT2D eigenvalue weighted by Crippen LogP contribution is -2.60. The number of ether oxygens (including phenoxy) is 4. The number of hydrogen-bond donors (Lipinski definition) is 1. The number of alkyl carbamates (subject to hydrolysis) is 1. The van der Waals surface area contributed by atoms with E-state index < -0.39 is 37.9 Å². The summed E-state index contributed by atoms with van der Waals surface area (Å²) >= 11 is 3.84. The Kier molecular flexibility index (Phi) is 8.17. The molecule has 0 aromatic rings. The van der Waals surface area contributed by atoms with Crippen LogP contribution in [0, 0.1) is 19.7 Å². The van der Waals surface area contributed by atoms with Gasteiger partial charge in [0.1, 0.15) is 0 Å². The Bertz CT molecular complexity index is 1060. The molecule has 0 aromatic carbocycles. The highest BCUT2D eigenvalue weighted by Crippen LogP contribution is 2.53. The van der Waals surface area contributed by atoms with Crippen molar-refractivity contribution in [1.82, 2.24) is 5.32 Å². The lowest BCUT2D eigenvalue weighted by atomic mass is 9.72. The Morgan fingerprint density at radius 3 is 2.41 bits per heavy atom. The molecular weight excluding hydrogens is 684 g/mol. The van der Waals surface area contributed by atoms with Crippen molar-refractivity contribution in [2.75, 3.05) is 20.3 Å². The molecule has 0 saturated carbocycles. The summed E-state index contributed by atoms with van der Waals surface area (Å²) in [4.78, 5) is 25.1. The maximum Gasteiger partial charge on any atom is 0.411 e. The maximum absolute atomic E-state index is 12.7. The topological polar surface area (TPSA) is 92.3 Å². The quantitative estimate of drug-likeness (QED) is 0.204. The molecule has 1 fully saturated rings. The van der Waals surface area contributed by atoms with Crippen molar-refractivity contribution in [3.8, 4) is 19.7 Å². The lowest BCUT2D eigenvalue weighted by Gasteiger charge is -2.51. The van der Waals surface area contributed by atoms with E-state index in [0.717, 1.165) is 0 Å². The van der Waals surface area contributed by atoms with Crippen molar-refractivity contribution in [3.05, 3.63) is 22.9 Å². The van der Waals surface area contributed by atoms with Gasteiger partial charge in [-0.1, -0.05) is 26.7 Å². The molecule has 2 aliphatic heterocycles. The fraction of sp³-hybridized carbons (Fsp3) is 0.565. The molecule has 0 aromatic heterocycles. The molecule has 34 heavy (non-hydrogen) atoms. The standard InChI is InChI=1S/C23H27I2NO7Si/c1-21(2,3)34(5,6)33-22(8-10-25)14-23(30-11-12-31-23)19(26-20(28)29-4)18-15(22)13-17(27)32-16(18)7-9-24/h13,16H,11-12,14H2,1-6H3,(H,26,28)/t16-,22-/m1/s1. The number of rotatable bonds is 3. The largest absolute Gasteiger partial charge is 0.453 e. The van der Waals surface area contributed by atoms with E-state index in [1.807, 2.05) is 45.2 Å². The Balaban J connectivity index is 2.38. The molecule has 3 rings (SSSR count). The van der Waals surface area contributed by atoms with E-state index in [4.69, 9.17) is 23.4 Å². The molecule has 184 valence electrons. The highest BCUT2D eigenvalue weighted by Gasteiger charge is 2.61. The second-order valence-electron chi connectivity index (χ2n) is 9.55. The van der Waals surface area contributed by atoms with Crippen molar-refractivity contribution in [1.29, 1.82) is 0 Å². The molecule has 1 aliphatic carbocycles. The Morgan fingerprint density at radius 2 is 1.88 bits per heavy atom. The summed E-state index contributed by atoms with van der Waals surface area (Å²) in [6.45, 7) is 11.2. The third kappa shape index (κ3) is 5.06. The smallest absolute Gasteiger partial charge is 0.411 e. The first-order valence-corrected chi connectivity index (χ1v) is 15.7. The first-order valence-electron chi connectivity index (χ1n) is 10.6. The Morgan fingerprint density at radius 1 is 1.24 bits per heavy atom. The summed E-state index contributed by atoms with van der Waals surface area (Å²) in [5.74, 6) is 4.19. The number of amides is 1. The van der Waals surface area contributed by atoms with E-state index in [0.29, 0.717) is 24.4 Å². The third-order valence-corrected chi connectivity index (χ3v) is 11.5. The number of carbonyl (C=O) groups excluding carboxylic acids is 2. The lowest BCUT2D eigenvalue weighted by molar-refractivity contribution is -0.162. The van der Waals surface area contributed by atoms with Crippen LogP contribution in [-0.4, -0.2) is 58.2 Å². The Labute approximate surface area is 228 Å². The summed E-state index contributed by atoms with van der Waals surface area (Å²) in [7, 11) is -1.19. The van der Waals surface area contributed by atoms with Crippen molar-refractivity contribution >= 4 is 65.6 Å². The van der Waals surface area contributed by atoms with Gasteiger partial charge < -0.3 is 23.4 Å². The number of hydrogen-bond acceptors (Lipinski definition) is 7. The van der Waals surface area contributed by atoms with Gasteiger partial charge in [-0.05, 0) is 31.9 Å². The summed E-state index contributed by atoms with van der Waals surface area (Å²) in [6, 6.07) is 0. The zero-order valence-electron chi connectivity index (χ0n) is 19.9. The van der Waals surface area contributed by atoms with Gasteiger partial charge in [0, 0.05) is 62.4 Å². The van der Waals surface area contributed by atoms with E-state index in [-0.39, 0.29) is 17.2 Å². The molecule has 2 atom stereocenters. The molecular formula is C23H27I2NO7Si. The molecule has 2 heterocycles. The zero-order chi connectivity index (χ0) is 25.4. The van der Waals surface area contributed by atoms with Crippen LogP contribution >= 0.6 is 45.2 Å². The van der Waals surface area contributed by atoms with Gasteiger partial charge in [0.25, 0.3) is 0 Å². The molecule has 1 N–H and O–H groups in total. The number of methoxy groups -OCH3 is 1. The number of halogens is 2. The van der Waals surface area contributed by atoms with Crippen LogP contribution in [0.15, 0.2) is 22.9 Å². The highest BCUT2D eigenvalue weighted by molar-refractivity contribution is 14.1. The predicted molar refractivity (Wildman–Crippen MR) is 144 cm³/mol. The van der Waals surface area contributed by atoms with E-state index in [2.05, 4.69) is 58.9 Å². The normalized spacial score (nSPS) is 25.8. The molecule has 0 bridgehead atoms. The summed E-state index contributed by atoms with van der Waals surface area (Å²) in [6.07, 6.45) is -0.221. The van der Waals surface area contributed by atoms with Crippen molar-refractivity contribution in [2.24, 2.45) is 0 Å². The Hall–Kier alpha value is -1.10. The van der Waals surface area contributed by atoms with Crippen LogP contribution in [0.25, 0.3) is 0 Å². The fourth-order valence-corrected chi connectivity index (χ4v) is 6.05. The third-order valence-electron chi connectivity index (χ3n) is 6.45.